The lowest BCUT2D eigenvalue weighted by Crippen LogP contribution is -2.03. The summed E-state index contributed by atoms with van der Waals surface area (Å²) < 4.78 is 0. The summed E-state index contributed by atoms with van der Waals surface area (Å²) in [6.45, 7) is 0. The Kier molecular flexibility index (Phi) is 4.12. The maximum Gasteiger partial charge on any atom is 0.0831 e. The Morgan fingerprint density at radius 1 is 1.11 bits per heavy atom. The van der Waals surface area contributed by atoms with E-state index in [1.807, 2.05) is 12.1 Å². The summed E-state index contributed by atoms with van der Waals surface area (Å²) in [7, 11) is 0. The van der Waals surface area contributed by atoms with Crippen molar-refractivity contribution < 1.29 is 5.11 Å². The van der Waals surface area contributed by atoms with E-state index in [1.54, 1.807) is 30.3 Å². The number of rotatable bonds is 3. The molecular weight excluding hydrogens is 269 g/mol. The molecule has 0 saturated carbocycles. The summed E-state index contributed by atoms with van der Waals surface area (Å²) in [5.74, 6) is 0. The lowest BCUT2D eigenvalue weighted by molar-refractivity contribution is 0.178. The van der Waals surface area contributed by atoms with Crippen LogP contribution in [0.2, 0.25) is 10.0 Å². The molecular formula is C14H13Cl2NO. The quantitative estimate of drug-likeness (QED) is 0.840. The van der Waals surface area contributed by atoms with E-state index in [1.165, 1.54) is 0 Å². The first-order valence-electron chi connectivity index (χ1n) is 5.53. The van der Waals surface area contributed by atoms with Gasteiger partial charge in [-0.25, -0.2) is 0 Å². The van der Waals surface area contributed by atoms with Gasteiger partial charge in [-0.05, 0) is 41.5 Å². The van der Waals surface area contributed by atoms with Gasteiger partial charge in [0.25, 0.3) is 0 Å². The molecule has 0 aliphatic rings. The van der Waals surface area contributed by atoms with Crippen molar-refractivity contribution in [3.05, 3.63) is 63.6 Å². The Labute approximate surface area is 116 Å². The molecule has 1 unspecified atom stereocenters. The maximum atomic E-state index is 10.2. The predicted molar refractivity (Wildman–Crippen MR) is 76.0 cm³/mol. The topological polar surface area (TPSA) is 46.2 Å². The van der Waals surface area contributed by atoms with Crippen molar-refractivity contribution in [3.8, 4) is 0 Å². The largest absolute Gasteiger partial charge is 0.399 e. The van der Waals surface area contributed by atoms with Gasteiger partial charge in [0, 0.05) is 22.2 Å². The zero-order valence-corrected chi connectivity index (χ0v) is 11.1. The fraction of sp³-hybridized carbons (Fsp3) is 0.143. The molecule has 0 spiro atoms. The Morgan fingerprint density at radius 3 is 2.61 bits per heavy atom. The number of aliphatic hydroxyl groups excluding tert-OH is 1. The van der Waals surface area contributed by atoms with Crippen molar-refractivity contribution in [3.63, 3.8) is 0 Å². The lowest BCUT2D eigenvalue weighted by Gasteiger charge is -2.13. The standard InChI is InChI=1S/C14H13Cl2NO/c15-11-4-5-13(16)10(6-11)8-14(18)9-2-1-3-12(17)7-9/h1-7,14,18H,8,17H2. The zero-order valence-electron chi connectivity index (χ0n) is 9.61. The predicted octanol–water partition coefficient (Wildman–Crippen LogP) is 3.85. The second kappa shape index (κ2) is 5.61. The lowest BCUT2D eigenvalue weighted by atomic mass is 10.0. The minimum absolute atomic E-state index is 0.406. The van der Waals surface area contributed by atoms with Crippen molar-refractivity contribution in [2.75, 3.05) is 5.73 Å². The van der Waals surface area contributed by atoms with Crippen molar-refractivity contribution >= 4 is 28.9 Å². The van der Waals surface area contributed by atoms with Gasteiger partial charge in [-0.1, -0.05) is 35.3 Å². The first-order chi connectivity index (χ1) is 8.56. The van der Waals surface area contributed by atoms with Gasteiger partial charge < -0.3 is 10.8 Å². The Balaban J connectivity index is 2.21. The van der Waals surface area contributed by atoms with Gasteiger partial charge in [-0.2, -0.15) is 0 Å². The van der Waals surface area contributed by atoms with E-state index in [9.17, 15) is 5.11 Å². The van der Waals surface area contributed by atoms with Crippen LogP contribution in [0.3, 0.4) is 0 Å². The van der Waals surface area contributed by atoms with Crippen molar-refractivity contribution in [2.45, 2.75) is 12.5 Å². The van der Waals surface area contributed by atoms with Gasteiger partial charge in [0.2, 0.25) is 0 Å². The number of hydrogen-bond acceptors (Lipinski definition) is 2. The second-order valence-corrected chi connectivity index (χ2v) is 4.97. The molecule has 0 saturated heterocycles. The van der Waals surface area contributed by atoms with Crippen LogP contribution in [0.5, 0.6) is 0 Å². The first kappa shape index (κ1) is 13.2. The number of nitrogens with two attached hydrogens (primary N) is 1. The van der Waals surface area contributed by atoms with Gasteiger partial charge in [0.1, 0.15) is 0 Å². The molecule has 0 aliphatic carbocycles. The van der Waals surface area contributed by atoms with E-state index in [-0.39, 0.29) is 0 Å². The molecule has 18 heavy (non-hydrogen) atoms. The molecule has 2 aromatic carbocycles. The third kappa shape index (κ3) is 3.16. The Morgan fingerprint density at radius 2 is 1.89 bits per heavy atom. The van der Waals surface area contributed by atoms with Crippen LogP contribution < -0.4 is 5.73 Å². The fourth-order valence-corrected chi connectivity index (χ4v) is 2.18. The molecule has 3 N–H and O–H groups in total. The SMILES string of the molecule is Nc1cccc(C(O)Cc2cc(Cl)ccc2Cl)c1. The van der Waals surface area contributed by atoms with Gasteiger partial charge in [-0.15, -0.1) is 0 Å². The van der Waals surface area contributed by atoms with E-state index in [2.05, 4.69) is 0 Å². The Bertz CT molecular complexity index is 557. The molecule has 2 aromatic rings. The first-order valence-corrected chi connectivity index (χ1v) is 6.29. The van der Waals surface area contributed by atoms with Crippen LogP contribution in [-0.4, -0.2) is 5.11 Å². The molecule has 4 heteroatoms. The summed E-state index contributed by atoms with van der Waals surface area (Å²) in [6, 6.07) is 12.4. The van der Waals surface area contributed by atoms with Crippen LogP contribution in [0.25, 0.3) is 0 Å². The van der Waals surface area contributed by atoms with Gasteiger partial charge >= 0.3 is 0 Å². The summed E-state index contributed by atoms with van der Waals surface area (Å²) in [5.41, 5.74) is 7.90. The highest BCUT2D eigenvalue weighted by Gasteiger charge is 2.11. The molecule has 0 aromatic heterocycles. The molecule has 0 fully saturated rings. The zero-order chi connectivity index (χ0) is 13.1. The number of anilines is 1. The van der Waals surface area contributed by atoms with Crippen molar-refractivity contribution in [1.82, 2.24) is 0 Å². The van der Waals surface area contributed by atoms with Crippen LogP contribution in [0.15, 0.2) is 42.5 Å². The van der Waals surface area contributed by atoms with Crippen molar-refractivity contribution in [1.29, 1.82) is 0 Å². The summed E-state index contributed by atoms with van der Waals surface area (Å²) >= 11 is 12.0. The third-order valence-electron chi connectivity index (χ3n) is 2.72. The molecule has 0 heterocycles. The second-order valence-electron chi connectivity index (χ2n) is 4.13. The van der Waals surface area contributed by atoms with E-state index >= 15 is 0 Å². The summed E-state index contributed by atoms with van der Waals surface area (Å²) in [4.78, 5) is 0. The third-order valence-corrected chi connectivity index (χ3v) is 3.32. The molecule has 0 aliphatic heterocycles. The smallest absolute Gasteiger partial charge is 0.0831 e. The molecule has 0 amide bonds. The van der Waals surface area contributed by atoms with Crippen LogP contribution in [0.1, 0.15) is 17.2 Å². The molecule has 0 radical (unpaired) electrons. The average Bonchev–Trinajstić information content (AvgIpc) is 2.34. The molecule has 0 bridgehead atoms. The highest BCUT2D eigenvalue weighted by Crippen LogP contribution is 2.26. The fourth-order valence-electron chi connectivity index (χ4n) is 1.79. The summed E-state index contributed by atoms with van der Waals surface area (Å²) in [5, 5.41) is 11.4. The van der Waals surface area contributed by atoms with E-state index in [0.29, 0.717) is 22.2 Å². The van der Waals surface area contributed by atoms with E-state index in [4.69, 9.17) is 28.9 Å². The van der Waals surface area contributed by atoms with E-state index < -0.39 is 6.10 Å². The van der Waals surface area contributed by atoms with E-state index in [0.717, 1.165) is 11.1 Å². The molecule has 94 valence electrons. The van der Waals surface area contributed by atoms with Crippen LogP contribution >= 0.6 is 23.2 Å². The highest BCUT2D eigenvalue weighted by molar-refractivity contribution is 6.33. The van der Waals surface area contributed by atoms with Crippen LogP contribution in [0, 0.1) is 0 Å². The number of benzene rings is 2. The molecule has 1 atom stereocenters. The monoisotopic (exact) mass is 281 g/mol. The summed E-state index contributed by atoms with van der Waals surface area (Å²) in [6.07, 6.45) is -0.243. The molecule has 2 nitrogen and oxygen atoms in total. The minimum atomic E-state index is -0.649. The van der Waals surface area contributed by atoms with Gasteiger partial charge in [0.05, 0.1) is 6.10 Å². The van der Waals surface area contributed by atoms with Crippen LogP contribution in [0.4, 0.5) is 5.69 Å². The highest BCUT2D eigenvalue weighted by atomic mass is 35.5. The van der Waals surface area contributed by atoms with Crippen molar-refractivity contribution in [2.24, 2.45) is 0 Å². The Hall–Kier alpha value is -1.22. The number of halogens is 2. The normalized spacial score (nSPS) is 12.4. The maximum absolute atomic E-state index is 10.2. The van der Waals surface area contributed by atoms with Crippen LogP contribution in [-0.2, 0) is 6.42 Å². The average molecular weight is 282 g/mol. The minimum Gasteiger partial charge on any atom is -0.399 e. The molecule has 2 rings (SSSR count). The number of nitrogen functional groups attached to an aromatic ring is 1. The van der Waals surface area contributed by atoms with Gasteiger partial charge in [0.15, 0.2) is 0 Å². The van der Waals surface area contributed by atoms with Gasteiger partial charge in [-0.3, -0.25) is 0 Å². The number of aliphatic hydroxyl groups is 1. The number of hydrogen-bond donors (Lipinski definition) is 2.